The molecule has 71 heavy (non-hydrogen) atoms. The highest BCUT2D eigenvalue weighted by molar-refractivity contribution is 9.09. The molecule has 0 aromatic heterocycles. The highest BCUT2D eigenvalue weighted by Crippen LogP contribution is 2.41. The Morgan fingerprint density at radius 1 is 0.577 bits per heavy atom. The molecule has 378 valence electrons. The summed E-state index contributed by atoms with van der Waals surface area (Å²) in [5.74, 6) is -1.82. The van der Waals surface area contributed by atoms with Crippen molar-refractivity contribution in [1.29, 1.82) is 0 Å². The Kier molecular flexibility index (Phi) is 21.6. The number of rotatable bonds is 17. The molecule has 0 bridgehead atoms. The minimum Gasteiger partial charge on any atom is -0.460 e. The molecule has 2 aliphatic heterocycles. The summed E-state index contributed by atoms with van der Waals surface area (Å²) in [6.07, 6.45) is -0.695. The average Bonchev–Trinajstić information content (AvgIpc) is 3.38. The Bertz CT molecular complexity index is 2490. The Morgan fingerprint density at radius 2 is 0.986 bits per heavy atom. The number of ether oxygens (including phenoxy) is 6. The van der Waals surface area contributed by atoms with Crippen LogP contribution in [-0.2, 0) is 70.9 Å². The van der Waals surface area contributed by atoms with Crippen LogP contribution in [0.25, 0.3) is 0 Å². The lowest BCUT2D eigenvalue weighted by Crippen LogP contribution is -2.64. The van der Waals surface area contributed by atoms with E-state index in [0.717, 1.165) is 40.7 Å². The molecule has 2 aliphatic rings. The Hall–Kier alpha value is -4.53. The Morgan fingerprint density at radius 3 is 1.44 bits per heavy atom. The van der Waals surface area contributed by atoms with Gasteiger partial charge in [-0.3, -0.25) is 0 Å². The molecule has 0 radical (unpaired) electrons. The van der Waals surface area contributed by atoms with E-state index in [1.165, 1.54) is 18.2 Å². The number of hydrogen-bond acceptors (Lipinski definition) is 8. The molecule has 0 amide bonds. The zero-order chi connectivity index (χ0) is 50.8. The molecule has 6 aromatic carbocycles. The minimum atomic E-state index is -3.04. The van der Waals surface area contributed by atoms with Gasteiger partial charge in [0.25, 0.3) is 0 Å². The van der Waals surface area contributed by atoms with Crippen molar-refractivity contribution in [1.82, 2.24) is 0 Å². The summed E-state index contributed by atoms with van der Waals surface area (Å²) in [6, 6.07) is 53.1. The van der Waals surface area contributed by atoms with Gasteiger partial charge in [-0.1, -0.05) is 209 Å². The molecule has 1 N–H and O–H groups in total. The predicted molar refractivity (Wildman–Crippen MR) is 278 cm³/mol. The Balaban J connectivity index is 0.000000196. The van der Waals surface area contributed by atoms with Crippen LogP contribution >= 0.6 is 39.1 Å². The normalized spacial score (nSPS) is 24.1. The van der Waals surface area contributed by atoms with E-state index >= 15 is 0 Å². The minimum absolute atomic E-state index is 0.0287. The zero-order valence-corrected chi connectivity index (χ0v) is 43.5. The van der Waals surface area contributed by atoms with Crippen molar-refractivity contribution in [2.45, 2.75) is 121 Å². The van der Waals surface area contributed by atoms with E-state index in [0.29, 0.717) is 31.5 Å². The molecule has 0 unspecified atom stereocenters. The number of aliphatic hydroxyl groups is 1. The van der Waals surface area contributed by atoms with Crippen molar-refractivity contribution in [3.8, 4) is 0 Å². The van der Waals surface area contributed by atoms with Gasteiger partial charge in [0.2, 0.25) is 0 Å². The lowest BCUT2D eigenvalue weighted by molar-refractivity contribution is -0.351. The first kappa shape index (κ1) is 55.8. The summed E-state index contributed by atoms with van der Waals surface area (Å²) in [7, 11) is 0. The van der Waals surface area contributed by atoms with Gasteiger partial charge in [-0.25, -0.2) is 4.79 Å². The highest BCUT2D eigenvalue weighted by Gasteiger charge is 2.54. The van der Waals surface area contributed by atoms with Crippen LogP contribution in [0.3, 0.4) is 0 Å². The summed E-state index contributed by atoms with van der Waals surface area (Å²) >= 11 is 14.2. The third kappa shape index (κ3) is 16.2. The second kappa shape index (κ2) is 27.5. The molecular formula is C58H63BrCl2F2O8. The smallest absolute Gasteiger partial charge is 0.338 e. The maximum atomic E-state index is 12.5. The van der Waals surface area contributed by atoms with Gasteiger partial charge in [-0.05, 0) is 68.7 Å². The number of halogens is 5. The second-order valence-corrected chi connectivity index (χ2v) is 19.5. The number of carbonyl (C=O) groups is 1. The van der Waals surface area contributed by atoms with Crippen LogP contribution in [0, 0.1) is 11.8 Å². The molecule has 6 aromatic rings. The van der Waals surface area contributed by atoms with E-state index in [-0.39, 0.29) is 59.2 Å². The summed E-state index contributed by atoms with van der Waals surface area (Å²) in [5.41, 5.74) is 4.80. The first-order valence-corrected chi connectivity index (χ1v) is 25.5. The van der Waals surface area contributed by atoms with E-state index in [1.807, 2.05) is 153 Å². The van der Waals surface area contributed by atoms with E-state index in [2.05, 4.69) is 36.7 Å². The summed E-state index contributed by atoms with van der Waals surface area (Å²) < 4.78 is 62.1. The summed E-state index contributed by atoms with van der Waals surface area (Å²) in [5, 5.41) is 12.6. The molecule has 2 heterocycles. The van der Waals surface area contributed by atoms with Gasteiger partial charge in [0.1, 0.15) is 18.3 Å². The molecular weight excluding hydrogens is 1010 g/mol. The van der Waals surface area contributed by atoms with Gasteiger partial charge in [-0.15, -0.1) is 0 Å². The van der Waals surface area contributed by atoms with Gasteiger partial charge < -0.3 is 33.5 Å². The number of carbonyl (C=O) groups excluding carboxylic acids is 1. The van der Waals surface area contributed by atoms with Crippen LogP contribution in [0.2, 0.25) is 10.0 Å². The highest BCUT2D eigenvalue weighted by atomic mass is 79.9. The van der Waals surface area contributed by atoms with Gasteiger partial charge in [-0.2, -0.15) is 8.78 Å². The van der Waals surface area contributed by atoms with E-state index < -0.39 is 22.8 Å². The SMILES string of the molecule is CC[C@H]1OC(=O)[C@H](OCc2ccccc2)[C@@H](OCc2ccccc2)[C@@H]1C.CC[C@H]1O[C@@](O)(Cc2ccccc2Cl)[C@H](OCc2ccccc2)[C@@H](OCc2ccccc2)[C@@H]1C.FC(F)(Br)c1ccccc1Cl. The van der Waals surface area contributed by atoms with Crippen molar-refractivity contribution >= 4 is 45.1 Å². The van der Waals surface area contributed by atoms with E-state index in [9.17, 15) is 18.7 Å². The molecule has 9 atom stereocenters. The third-order valence-corrected chi connectivity index (χ3v) is 13.7. The predicted octanol–water partition coefficient (Wildman–Crippen LogP) is 14.1. The standard InChI is InChI=1S/C29H33ClO4.C22H26O4.C7H4BrClF2/c1-3-26-21(2)27(32-19-22-12-6-4-7-13-22)28(33-20-23-14-8-5-9-15-23)29(31,34-26)18-24-16-10-11-17-25(24)30;1-3-19-16(2)20(24-14-17-10-6-4-7-11-17)21(22(23)26-19)25-15-18-12-8-5-9-13-18;8-7(10,11)5-3-1-2-4-6(5)9/h4-17,21,26-28,31H,3,18-20H2,1-2H3;4-13,16,19-21H,3,14-15H2,1-2H3;1-4H/t21-,26-,27+,28-,29+;16-,19-,20+,21-;/m11./s1. The maximum Gasteiger partial charge on any atom is 0.338 e. The monoisotopic (exact) mass is 1070 g/mol. The number of cyclic esters (lactones) is 1. The fourth-order valence-corrected chi connectivity index (χ4v) is 9.62. The topological polar surface area (TPSA) is 92.7 Å². The van der Waals surface area contributed by atoms with Crippen LogP contribution in [0.15, 0.2) is 170 Å². The van der Waals surface area contributed by atoms with Gasteiger partial charge >= 0.3 is 10.8 Å². The first-order chi connectivity index (χ1) is 34.2. The third-order valence-electron chi connectivity index (χ3n) is 12.6. The number of hydrogen-bond donors (Lipinski definition) is 1. The van der Waals surface area contributed by atoms with Gasteiger partial charge in [0.15, 0.2) is 11.9 Å². The molecule has 13 heteroatoms. The molecule has 2 saturated heterocycles. The summed E-state index contributed by atoms with van der Waals surface area (Å²) in [6.45, 7) is 9.84. The summed E-state index contributed by atoms with van der Waals surface area (Å²) in [4.78, 5) is 9.49. The lowest BCUT2D eigenvalue weighted by Gasteiger charge is -2.50. The van der Waals surface area contributed by atoms with Crippen molar-refractivity contribution in [3.05, 3.63) is 213 Å². The van der Waals surface area contributed by atoms with Crippen molar-refractivity contribution in [2.75, 3.05) is 0 Å². The van der Waals surface area contributed by atoms with Crippen molar-refractivity contribution < 1.29 is 47.1 Å². The van der Waals surface area contributed by atoms with Crippen molar-refractivity contribution in [2.24, 2.45) is 11.8 Å². The fraction of sp³-hybridized carbons (Fsp3) is 0.362. The van der Waals surface area contributed by atoms with Crippen LogP contribution < -0.4 is 0 Å². The molecule has 0 saturated carbocycles. The van der Waals surface area contributed by atoms with E-state index in [1.54, 1.807) is 6.07 Å². The van der Waals surface area contributed by atoms with Crippen LogP contribution in [-0.4, -0.2) is 53.5 Å². The zero-order valence-electron chi connectivity index (χ0n) is 40.4. The molecule has 2 fully saturated rings. The van der Waals surface area contributed by atoms with Gasteiger partial charge in [0, 0.05) is 23.3 Å². The number of esters is 1. The second-order valence-electron chi connectivity index (χ2n) is 17.7. The largest absolute Gasteiger partial charge is 0.460 e. The van der Waals surface area contributed by atoms with Crippen LogP contribution in [0.1, 0.15) is 73.9 Å². The van der Waals surface area contributed by atoms with Gasteiger partial charge in [0.05, 0.1) is 49.2 Å². The van der Waals surface area contributed by atoms with Crippen LogP contribution in [0.5, 0.6) is 0 Å². The molecule has 8 nitrogen and oxygen atoms in total. The number of benzene rings is 6. The first-order valence-electron chi connectivity index (χ1n) is 24.0. The van der Waals surface area contributed by atoms with Crippen LogP contribution in [0.4, 0.5) is 8.78 Å². The number of alkyl halides is 3. The Labute approximate surface area is 435 Å². The quantitative estimate of drug-likeness (QED) is 0.0713. The molecule has 0 aliphatic carbocycles. The van der Waals surface area contributed by atoms with Crippen molar-refractivity contribution in [3.63, 3.8) is 0 Å². The maximum absolute atomic E-state index is 12.5. The van der Waals surface area contributed by atoms with E-state index in [4.69, 9.17) is 51.6 Å². The molecule has 8 rings (SSSR count). The molecule has 0 spiro atoms. The average molecular weight is 1080 g/mol. The fourth-order valence-electron chi connectivity index (χ4n) is 8.70. The lowest BCUT2D eigenvalue weighted by atomic mass is 9.82.